The molecule has 1 aromatic heterocycles. The number of fused-ring (bicyclic) bond motifs is 1. The Hall–Kier alpha value is -6.75. The van der Waals surface area contributed by atoms with Crippen LogP contribution in [0.2, 0.25) is 0 Å². The Kier molecular flexibility index (Phi) is 21.8. The molecule has 3 heterocycles. The highest BCUT2D eigenvalue weighted by molar-refractivity contribution is 6.33. The van der Waals surface area contributed by atoms with E-state index in [1.807, 2.05) is 6.92 Å². The summed E-state index contributed by atoms with van der Waals surface area (Å²) in [4.78, 5) is 0. The first kappa shape index (κ1) is 62.5. The fourth-order valence-electron chi connectivity index (χ4n) is 8.13. The minimum Gasteiger partial charge on any atom is -1.00 e. The van der Waals surface area contributed by atoms with Crippen LogP contribution in [0.15, 0.2) is 168 Å². The van der Waals surface area contributed by atoms with Crippen LogP contribution in [0.1, 0.15) is 128 Å². The average Bonchev–Trinajstić information content (AvgIpc) is 3.64. The molecule has 0 saturated heterocycles. The second-order valence-corrected chi connectivity index (χ2v) is 22.3. The van der Waals surface area contributed by atoms with E-state index in [9.17, 15) is 25.9 Å². The maximum atomic E-state index is 9.67. The normalized spacial score (nSPS) is 14.1. The number of hydrogen-bond donors (Lipinski definition) is 0. The predicted octanol–water partition coefficient (Wildman–Crippen LogP) is 12.6. The largest absolute Gasteiger partial charge is 1.00 e. The standard InChI is InChI=1S/C36H38NO.C26H31O.2BF3.2FH/c1-35(2,3)29-17-12-25(13-18-29)28-22-31(21-16-27-24-37(7)33-11-9-8-10-32(27)33)38-34(23-28)26-14-19-30(20-15-26)36(4,5)6;1-18-16-21(19-8-12-22(13-9-19)25(2,3)4)17-24(27-18)20-10-14-23(15-11-20)26(5,6)7;2*2-1(3)4;;/h8-24H,1-7H3;8-17H,1-7H3;;;2*1H/q2*+1;;;;/p-2. The topological polar surface area (TPSA) is 23.5 Å². The molecular formula is C62H69B2F8NO2. The van der Waals surface area contributed by atoms with Gasteiger partial charge in [0.2, 0.25) is 5.69 Å². The Morgan fingerprint density at radius 1 is 0.480 bits per heavy atom. The van der Waals surface area contributed by atoms with Crippen molar-refractivity contribution in [3.63, 3.8) is 0 Å². The van der Waals surface area contributed by atoms with E-state index in [2.05, 4.69) is 259 Å². The Labute approximate surface area is 440 Å². The van der Waals surface area contributed by atoms with Crippen LogP contribution in [0.3, 0.4) is 0 Å². The van der Waals surface area contributed by atoms with Crippen LogP contribution >= 0.6 is 0 Å². The van der Waals surface area contributed by atoms with Gasteiger partial charge < -0.3 is 14.1 Å². The SMILES string of the molecule is C[N+]1=CC(=CC=C2C=C(c3ccc(C(C)(C)C)cc3)C=C(c3ccc(C(C)(C)C)cc3)O2)c2ccccc21.Cc1cc(-c2ccc(C(C)(C)C)cc2)cc(-c2ccc(C(C)(C)C)cc2)[o+]1.FB(F)F.FB(F)F.[F-].[F-]. The van der Waals surface area contributed by atoms with Crippen molar-refractivity contribution in [2.45, 2.75) is 112 Å². The van der Waals surface area contributed by atoms with Gasteiger partial charge in [0.15, 0.2) is 6.21 Å². The monoisotopic (exact) mass is 1030 g/mol. The zero-order chi connectivity index (χ0) is 54.1. The van der Waals surface area contributed by atoms with Crippen LogP contribution in [-0.4, -0.2) is 32.9 Å². The molecule has 2 aliphatic heterocycles. The molecule has 2 aliphatic rings. The minimum absolute atomic E-state index is 0. The molecule has 0 atom stereocenters. The number of benzene rings is 5. The smallest absolute Gasteiger partial charge is 0.762 e. The van der Waals surface area contributed by atoms with Gasteiger partial charge in [0, 0.05) is 23.3 Å². The van der Waals surface area contributed by atoms with Crippen LogP contribution in [0.4, 0.5) is 31.6 Å². The molecular weight excluding hydrogens is 964 g/mol. The van der Waals surface area contributed by atoms with Crippen molar-refractivity contribution < 1.29 is 49.0 Å². The van der Waals surface area contributed by atoms with Crippen molar-refractivity contribution in [2.75, 3.05) is 7.05 Å². The summed E-state index contributed by atoms with van der Waals surface area (Å²) in [6, 6.07) is 48.0. The first-order valence-corrected chi connectivity index (χ1v) is 24.4. The molecule has 0 aliphatic carbocycles. The van der Waals surface area contributed by atoms with Gasteiger partial charge in [-0.25, -0.2) is 8.99 Å². The first-order valence-electron chi connectivity index (χ1n) is 24.4. The van der Waals surface area contributed by atoms with Gasteiger partial charge in [0.1, 0.15) is 18.6 Å². The maximum absolute atomic E-state index is 9.67. The Bertz CT molecular complexity index is 2880. The highest BCUT2D eigenvalue weighted by Crippen LogP contribution is 2.36. The van der Waals surface area contributed by atoms with Gasteiger partial charge in [-0.1, -0.05) is 180 Å². The number of para-hydroxylation sites is 1. The lowest BCUT2D eigenvalue weighted by atomic mass is 9.85. The van der Waals surface area contributed by atoms with E-state index in [0.717, 1.165) is 39.7 Å². The number of nitrogens with zero attached hydrogens (tertiary/aromatic N) is 1. The fourth-order valence-corrected chi connectivity index (χ4v) is 8.13. The molecule has 0 unspecified atom stereocenters. The molecule has 0 spiro atoms. The van der Waals surface area contributed by atoms with Crippen molar-refractivity contribution in [1.82, 2.24) is 0 Å². The number of rotatable bonds is 5. The van der Waals surface area contributed by atoms with Gasteiger partial charge in [0.25, 0.3) is 0 Å². The van der Waals surface area contributed by atoms with Gasteiger partial charge in [-0.05, 0) is 103 Å². The van der Waals surface area contributed by atoms with Crippen LogP contribution in [0, 0.1) is 6.92 Å². The highest BCUT2D eigenvalue weighted by atomic mass is 19.4. The molecule has 75 heavy (non-hydrogen) atoms. The van der Waals surface area contributed by atoms with Gasteiger partial charge in [-0.2, -0.15) is 0 Å². The van der Waals surface area contributed by atoms with E-state index in [4.69, 9.17) is 9.15 Å². The second kappa shape index (κ2) is 26.1. The van der Waals surface area contributed by atoms with Gasteiger partial charge in [-0.3, -0.25) is 25.9 Å². The molecule has 0 fully saturated rings. The third-order valence-electron chi connectivity index (χ3n) is 12.3. The Morgan fingerprint density at radius 2 is 0.880 bits per heavy atom. The number of halogens is 8. The summed E-state index contributed by atoms with van der Waals surface area (Å²) in [6.07, 6.45) is 10.7. The molecule has 0 N–H and O–H groups in total. The van der Waals surface area contributed by atoms with Crippen molar-refractivity contribution in [3.05, 3.63) is 208 Å². The van der Waals surface area contributed by atoms with E-state index in [-0.39, 0.29) is 31.1 Å². The third-order valence-corrected chi connectivity index (χ3v) is 12.3. The van der Waals surface area contributed by atoms with Crippen LogP contribution in [0.5, 0.6) is 0 Å². The van der Waals surface area contributed by atoms with Gasteiger partial charge >= 0.3 is 26.6 Å². The summed E-state index contributed by atoms with van der Waals surface area (Å²) in [5.41, 5.74) is 16.4. The average molecular weight is 1030 g/mol. The number of aryl methyl sites for hydroxylation is 1. The summed E-state index contributed by atoms with van der Waals surface area (Å²) in [5.74, 6) is 3.51. The van der Waals surface area contributed by atoms with Crippen molar-refractivity contribution in [1.29, 1.82) is 0 Å². The molecule has 3 nitrogen and oxygen atoms in total. The molecule has 0 amide bonds. The number of allylic oxidation sites excluding steroid dienone is 6. The summed E-state index contributed by atoms with van der Waals surface area (Å²) >= 11 is 0. The van der Waals surface area contributed by atoms with Gasteiger partial charge in [-0.15, -0.1) is 0 Å². The predicted molar refractivity (Wildman–Crippen MR) is 296 cm³/mol. The zero-order valence-corrected chi connectivity index (χ0v) is 45.5. The first-order chi connectivity index (χ1) is 34.0. The summed E-state index contributed by atoms with van der Waals surface area (Å²) < 4.78 is 72.7. The Balaban J connectivity index is 0.000000351. The molecule has 396 valence electrons. The second-order valence-electron chi connectivity index (χ2n) is 22.3. The van der Waals surface area contributed by atoms with Crippen molar-refractivity contribution >= 4 is 43.9 Å². The summed E-state index contributed by atoms with van der Waals surface area (Å²) in [5, 5.41) is 0. The third kappa shape index (κ3) is 18.3. The maximum Gasteiger partial charge on any atom is 0.762 e. The molecule has 6 aromatic rings. The lowest BCUT2D eigenvalue weighted by Crippen LogP contribution is -3.00. The fraction of sp³-hybridized carbons (Fsp3) is 0.290. The number of hydrogen-bond acceptors (Lipinski definition) is 1. The summed E-state index contributed by atoms with van der Waals surface area (Å²) in [7, 11) is -5.24. The van der Waals surface area contributed by atoms with Gasteiger partial charge in [0.05, 0.1) is 29.7 Å². The van der Waals surface area contributed by atoms with E-state index in [0.29, 0.717) is 0 Å². The van der Waals surface area contributed by atoms with E-state index in [1.54, 1.807) is 0 Å². The quantitative estimate of drug-likeness (QED) is 0.0743. The molecule has 0 bridgehead atoms. The van der Waals surface area contributed by atoms with E-state index < -0.39 is 15.1 Å². The van der Waals surface area contributed by atoms with Crippen molar-refractivity contribution in [3.8, 4) is 22.5 Å². The van der Waals surface area contributed by atoms with E-state index >= 15 is 0 Å². The van der Waals surface area contributed by atoms with Crippen LogP contribution in [0.25, 0.3) is 39.4 Å². The number of ether oxygens (including phenoxy) is 1. The Morgan fingerprint density at radius 3 is 1.32 bits per heavy atom. The molecule has 0 saturated carbocycles. The lowest BCUT2D eigenvalue weighted by molar-refractivity contribution is -0.395. The van der Waals surface area contributed by atoms with Crippen molar-refractivity contribution in [2.24, 2.45) is 0 Å². The van der Waals surface area contributed by atoms with E-state index in [1.165, 1.54) is 55.8 Å². The lowest BCUT2D eigenvalue weighted by Gasteiger charge is -2.22. The minimum atomic E-state index is -3.67. The summed E-state index contributed by atoms with van der Waals surface area (Å²) in [6.45, 7) is 28.9. The van der Waals surface area contributed by atoms with Crippen LogP contribution in [-0.2, 0) is 26.4 Å². The molecule has 5 aromatic carbocycles. The highest BCUT2D eigenvalue weighted by Gasteiger charge is 2.24. The molecule has 0 radical (unpaired) electrons. The molecule has 8 rings (SSSR count). The molecule has 13 heteroatoms. The van der Waals surface area contributed by atoms with Crippen LogP contribution < -0.4 is 9.41 Å². The zero-order valence-electron chi connectivity index (χ0n) is 45.5.